The second-order valence-corrected chi connectivity index (χ2v) is 5.23. The molecule has 1 unspecified atom stereocenters. The third-order valence-electron chi connectivity index (χ3n) is 3.06. The molecule has 0 aliphatic heterocycles. The standard InChI is InChI=1S/C13H14ClF/c1-13(2)8-10(13)7-12(14)9-3-5-11(15)6-4-9/h3-7,10H,8H2,1-2H3. The first kappa shape index (κ1) is 10.7. The van der Waals surface area contributed by atoms with E-state index in [9.17, 15) is 4.39 Å². The number of rotatable bonds is 2. The van der Waals surface area contributed by atoms with Crippen molar-refractivity contribution in [2.45, 2.75) is 20.3 Å². The third kappa shape index (κ3) is 2.40. The molecule has 1 fully saturated rings. The predicted octanol–water partition coefficient (Wildman–Crippen LogP) is 4.45. The van der Waals surface area contributed by atoms with Gasteiger partial charge in [-0.1, -0.05) is 43.7 Å². The van der Waals surface area contributed by atoms with Crippen molar-refractivity contribution >= 4 is 16.6 Å². The van der Waals surface area contributed by atoms with Gasteiger partial charge in [0, 0.05) is 5.03 Å². The Kier molecular flexibility index (Phi) is 2.59. The second-order valence-electron chi connectivity index (χ2n) is 4.82. The van der Waals surface area contributed by atoms with E-state index in [0.29, 0.717) is 11.3 Å². The highest BCUT2D eigenvalue weighted by Gasteiger charge is 2.43. The first-order valence-corrected chi connectivity index (χ1v) is 5.50. The van der Waals surface area contributed by atoms with E-state index in [2.05, 4.69) is 19.9 Å². The monoisotopic (exact) mass is 224 g/mol. The average molecular weight is 225 g/mol. The Balaban J connectivity index is 2.14. The fraction of sp³-hybridized carbons (Fsp3) is 0.385. The van der Waals surface area contributed by atoms with Crippen molar-refractivity contribution in [1.82, 2.24) is 0 Å². The lowest BCUT2D eigenvalue weighted by Crippen LogP contribution is -1.87. The third-order valence-corrected chi connectivity index (χ3v) is 3.40. The normalized spacial score (nSPS) is 24.0. The van der Waals surface area contributed by atoms with Crippen LogP contribution in [0.5, 0.6) is 0 Å². The molecule has 1 aliphatic carbocycles. The molecule has 15 heavy (non-hydrogen) atoms. The highest BCUT2D eigenvalue weighted by molar-refractivity contribution is 6.48. The lowest BCUT2D eigenvalue weighted by atomic mass is 10.1. The summed E-state index contributed by atoms with van der Waals surface area (Å²) < 4.78 is 12.7. The van der Waals surface area contributed by atoms with Crippen molar-refractivity contribution in [1.29, 1.82) is 0 Å². The van der Waals surface area contributed by atoms with Gasteiger partial charge < -0.3 is 0 Å². The topological polar surface area (TPSA) is 0 Å². The van der Waals surface area contributed by atoms with Gasteiger partial charge in [-0.2, -0.15) is 0 Å². The summed E-state index contributed by atoms with van der Waals surface area (Å²) in [4.78, 5) is 0. The number of hydrogen-bond acceptors (Lipinski definition) is 0. The molecule has 0 bridgehead atoms. The van der Waals surface area contributed by atoms with Crippen LogP contribution >= 0.6 is 11.6 Å². The van der Waals surface area contributed by atoms with E-state index >= 15 is 0 Å². The van der Waals surface area contributed by atoms with Crippen molar-refractivity contribution in [3.63, 3.8) is 0 Å². The average Bonchev–Trinajstić information content (AvgIpc) is 2.74. The van der Waals surface area contributed by atoms with E-state index < -0.39 is 0 Å². The van der Waals surface area contributed by atoms with E-state index in [0.717, 1.165) is 10.6 Å². The minimum absolute atomic E-state index is 0.227. The Morgan fingerprint density at radius 3 is 2.40 bits per heavy atom. The largest absolute Gasteiger partial charge is 0.207 e. The van der Waals surface area contributed by atoms with Gasteiger partial charge in [0.05, 0.1) is 0 Å². The summed E-state index contributed by atoms with van der Waals surface area (Å²) in [7, 11) is 0. The second kappa shape index (κ2) is 3.64. The lowest BCUT2D eigenvalue weighted by molar-refractivity contribution is 0.610. The molecule has 1 saturated carbocycles. The number of halogens is 2. The molecule has 2 rings (SSSR count). The fourth-order valence-corrected chi connectivity index (χ4v) is 1.95. The Morgan fingerprint density at radius 2 is 1.93 bits per heavy atom. The van der Waals surface area contributed by atoms with E-state index in [1.807, 2.05) is 0 Å². The molecule has 1 aliphatic rings. The molecule has 0 nitrogen and oxygen atoms in total. The van der Waals surface area contributed by atoms with Gasteiger partial charge in [0.25, 0.3) is 0 Å². The van der Waals surface area contributed by atoms with Gasteiger partial charge in [0.15, 0.2) is 0 Å². The van der Waals surface area contributed by atoms with Gasteiger partial charge in [0.1, 0.15) is 5.82 Å². The van der Waals surface area contributed by atoms with Gasteiger partial charge >= 0.3 is 0 Å². The molecule has 1 aromatic carbocycles. The quantitative estimate of drug-likeness (QED) is 0.696. The first-order chi connectivity index (χ1) is 6.99. The number of allylic oxidation sites excluding steroid dienone is 1. The van der Waals surface area contributed by atoms with Crippen LogP contribution in [0.15, 0.2) is 30.3 Å². The zero-order chi connectivity index (χ0) is 11.1. The van der Waals surface area contributed by atoms with Gasteiger partial charge in [-0.3, -0.25) is 0 Å². The highest BCUT2D eigenvalue weighted by atomic mass is 35.5. The van der Waals surface area contributed by atoms with Crippen LogP contribution in [0.2, 0.25) is 0 Å². The maximum atomic E-state index is 12.7. The zero-order valence-electron chi connectivity index (χ0n) is 8.93. The molecule has 0 amide bonds. The van der Waals surface area contributed by atoms with Crippen LogP contribution in [-0.4, -0.2) is 0 Å². The van der Waals surface area contributed by atoms with Crippen LogP contribution in [0.25, 0.3) is 5.03 Å². The van der Waals surface area contributed by atoms with E-state index in [1.165, 1.54) is 18.6 Å². The van der Waals surface area contributed by atoms with Crippen molar-refractivity contribution in [3.8, 4) is 0 Å². The van der Waals surface area contributed by atoms with E-state index in [4.69, 9.17) is 11.6 Å². The van der Waals surface area contributed by atoms with E-state index in [-0.39, 0.29) is 5.82 Å². The molecule has 1 aromatic rings. The summed E-state index contributed by atoms with van der Waals surface area (Å²) in [5.41, 5.74) is 1.28. The van der Waals surface area contributed by atoms with Crippen molar-refractivity contribution < 1.29 is 4.39 Å². The zero-order valence-corrected chi connectivity index (χ0v) is 9.68. The molecule has 2 heteroatoms. The molecule has 0 saturated heterocycles. The van der Waals surface area contributed by atoms with Crippen LogP contribution in [0.1, 0.15) is 25.8 Å². The Labute approximate surface area is 94.8 Å². The van der Waals surface area contributed by atoms with Crippen LogP contribution in [-0.2, 0) is 0 Å². The summed E-state index contributed by atoms with van der Waals surface area (Å²) in [6.07, 6.45) is 3.26. The number of benzene rings is 1. The Hall–Kier alpha value is -0.820. The summed E-state index contributed by atoms with van der Waals surface area (Å²) in [5.74, 6) is 0.338. The maximum absolute atomic E-state index is 12.7. The molecule has 80 valence electrons. The Bertz CT molecular complexity index is 390. The van der Waals surface area contributed by atoms with Gasteiger partial charge in [-0.25, -0.2) is 4.39 Å². The minimum Gasteiger partial charge on any atom is -0.207 e. The molecule has 1 atom stereocenters. The van der Waals surface area contributed by atoms with Crippen LogP contribution in [0, 0.1) is 17.2 Å². The minimum atomic E-state index is -0.227. The number of hydrogen-bond donors (Lipinski definition) is 0. The first-order valence-electron chi connectivity index (χ1n) is 5.12. The van der Waals surface area contributed by atoms with E-state index in [1.54, 1.807) is 12.1 Å². The molecule has 0 aromatic heterocycles. The molecule has 0 N–H and O–H groups in total. The predicted molar refractivity (Wildman–Crippen MR) is 62.1 cm³/mol. The maximum Gasteiger partial charge on any atom is 0.123 e. The SMILES string of the molecule is CC1(C)CC1C=C(Cl)c1ccc(F)cc1. The summed E-state index contributed by atoms with van der Waals surface area (Å²) in [6, 6.07) is 6.29. The van der Waals surface area contributed by atoms with Crippen LogP contribution < -0.4 is 0 Å². The van der Waals surface area contributed by atoms with Gasteiger partial charge in [0.2, 0.25) is 0 Å². The van der Waals surface area contributed by atoms with Gasteiger partial charge in [-0.15, -0.1) is 0 Å². The molecule has 0 heterocycles. The highest BCUT2D eigenvalue weighted by Crippen LogP contribution is 2.53. The van der Waals surface area contributed by atoms with Crippen LogP contribution in [0.3, 0.4) is 0 Å². The smallest absolute Gasteiger partial charge is 0.123 e. The lowest BCUT2D eigenvalue weighted by Gasteiger charge is -2.01. The summed E-state index contributed by atoms with van der Waals surface area (Å²) >= 11 is 6.16. The van der Waals surface area contributed by atoms with Crippen molar-refractivity contribution in [3.05, 3.63) is 41.7 Å². The summed E-state index contributed by atoms with van der Waals surface area (Å²) in [6.45, 7) is 4.45. The van der Waals surface area contributed by atoms with Crippen molar-refractivity contribution in [2.75, 3.05) is 0 Å². The molecular weight excluding hydrogens is 211 g/mol. The molecular formula is C13H14ClF. The summed E-state index contributed by atoms with van der Waals surface area (Å²) in [5, 5.41) is 0.727. The fourth-order valence-electron chi connectivity index (χ4n) is 1.67. The molecule has 0 spiro atoms. The van der Waals surface area contributed by atoms with Crippen LogP contribution in [0.4, 0.5) is 4.39 Å². The molecule has 0 radical (unpaired) electrons. The van der Waals surface area contributed by atoms with Crippen molar-refractivity contribution in [2.24, 2.45) is 11.3 Å². The Morgan fingerprint density at radius 1 is 1.40 bits per heavy atom. The van der Waals surface area contributed by atoms with Gasteiger partial charge in [-0.05, 0) is 35.4 Å².